The van der Waals surface area contributed by atoms with Gasteiger partial charge in [-0.15, -0.1) is 0 Å². The zero-order chi connectivity index (χ0) is 12.7. The molecule has 0 heterocycles. The second kappa shape index (κ2) is 6.65. The molecule has 0 N–H and O–H groups in total. The Kier molecular flexibility index (Phi) is 5.49. The molecule has 1 rings (SSSR count). The predicted octanol–water partition coefficient (Wildman–Crippen LogP) is 5.10. The minimum absolute atomic E-state index is 1.00. The van der Waals surface area contributed by atoms with E-state index in [1.54, 1.807) is 0 Å². The molecule has 0 aromatic heterocycles. The van der Waals surface area contributed by atoms with Crippen LogP contribution in [0.3, 0.4) is 0 Å². The average Bonchev–Trinajstić information content (AvgIpc) is 2.30. The molecule has 0 saturated heterocycles. The van der Waals surface area contributed by atoms with Crippen molar-refractivity contribution in [2.24, 2.45) is 0 Å². The van der Waals surface area contributed by atoms with Crippen LogP contribution in [0.1, 0.15) is 31.7 Å². The Bertz CT molecular complexity index is 340. The van der Waals surface area contributed by atoms with E-state index in [0.717, 1.165) is 11.3 Å². The highest BCUT2D eigenvalue weighted by Crippen LogP contribution is 2.21. The fourth-order valence-corrected chi connectivity index (χ4v) is 3.82. The molecule has 0 fully saturated rings. The summed E-state index contributed by atoms with van der Waals surface area (Å²) in [6, 6.07) is 9.44. The maximum Gasteiger partial charge on any atom is 0.245 e. The highest BCUT2D eigenvalue weighted by atomic mass is 28.4. The maximum absolute atomic E-state index is 6.15. The number of rotatable bonds is 7. The van der Waals surface area contributed by atoms with Crippen molar-refractivity contribution in [2.45, 2.75) is 45.3 Å². The largest absolute Gasteiger partial charge is 0.544 e. The van der Waals surface area contributed by atoms with Gasteiger partial charge in [0.2, 0.25) is 8.32 Å². The van der Waals surface area contributed by atoms with E-state index in [9.17, 15) is 0 Å². The average molecular weight is 248 g/mol. The number of hydrogen-bond donors (Lipinski definition) is 0. The molecule has 0 radical (unpaired) electrons. The van der Waals surface area contributed by atoms with Gasteiger partial charge in [0.05, 0.1) is 0 Å². The van der Waals surface area contributed by atoms with E-state index in [0.29, 0.717) is 0 Å². The van der Waals surface area contributed by atoms with Gasteiger partial charge in [0, 0.05) is 0 Å². The lowest BCUT2D eigenvalue weighted by Crippen LogP contribution is -2.33. The van der Waals surface area contributed by atoms with Gasteiger partial charge in [-0.1, -0.05) is 51.0 Å². The molecule has 0 spiro atoms. The second-order valence-corrected chi connectivity index (χ2v) is 9.32. The van der Waals surface area contributed by atoms with Crippen molar-refractivity contribution in [1.82, 2.24) is 0 Å². The molecule has 0 bridgehead atoms. The number of benzene rings is 1. The van der Waals surface area contributed by atoms with Gasteiger partial charge >= 0.3 is 0 Å². The summed E-state index contributed by atoms with van der Waals surface area (Å²) >= 11 is 0. The van der Waals surface area contributed by atoms with Crippen LogP contribution in [0.25, 0.3) is 6.08 Å². The Morgan fingerprint density at radius 2 is 1.82 bits per heavy atom. The molecule has 0 aliphatic rings. The Morgan fingerprint density at radius 3 is 2.35 bits per heavy atom. The summed E-state index contributed by atoms with van der Waals surface area (Å²) in [6.07, 6.45) is 5.74. The third-order valence-electron chi connectivity index (χ3n) is 2.89. The first-order valence-electron chi connectivity index (χ1n) is 6.49. The zero-order valence-electron chi connectivity index (χ0n) is 11.3. The van der Waals surface area contributed by atoms with E-state index >= 15 is 0 Å². The van der Waals surface area contributed by atoms with Gasteiger partial charge in [0.1, 0.15) is 5.75 Å². The third-order valence-corrected chi connectivity index (χ3v) is 5.24. The van der Waals surface area contributed by atoms with Crippen LogP contribution in [0.2, 0.25) is 19.1 Å². The van der Waals surface area contributed by atoms with Crippen molar-refractivity contribution < 1.29 is 4.43 Å². The molecule has 2 heteroatoms. The number of unbranched alkanes of at least 4 members (excludes halogenated alkanes) is 2. The quantitative estimate of drug-likeness (QED) is 0.481. The van der Waals surface area contributed by atoms with Gasteiger partial charge in [-0.25, -0.2) is 0 Å². The first kappa shape index (κ1) is 14.0. The summed E-state index contributed by atoms with van der Waals surface area (Å²) in [5.74, 6) is 1.00. The van der Waals surface area contributed by atoms with Gasteiger partial charge in [-0.05, 0) is 36.8 Å². The molecule has 0 aliphatic carbocycles. The lowest BCUT2D eigenvalue weighted by atomic mass is 10.2. The van der Waals surface area contributed by atoms with E-state index in [1.807, 2.05) is 18.2 Å². The fraction of sp³-hybridized carbons (Fsp3) is 0.467. The molecule has 0 aliphatic heterocycles. The lowest BCUT2D eigenvalue weighted by Gasteiger charge is -2.24. The topological polar surface area (TPSA) is 9.23 Å². The Balaban J connectivity index is 2.52. The van der Waals surface area contributed by atoms with Crippen molar-refractivity contribution in [3.63, 3.8) is 0 Å². The van der Waals surface area contributed by atoms with Crippen LogP contribution >= 0.6 is 0 Å². The van der Waals surface area contributed by atoms with E-state index in [2.05, 4.69) is 38.7 Å². The summed E-state index contributed by atoms with van der Waals surface area (Å²) in [5, 5.41) is 0. The Morgan fingerprint density at radius 1 is 1.18 bits per heavy atom. The third kappa shape index (κ3) is 5.22. The van der Waals surface area contributed by atoms with Gasteiger partial charge in [-0.2, -0.15) is 0 Å². The van der Waals surface area contributed by atoms with Crippen molar-refractivity contribution in [1.29, 1.82) is 0 Å². The van der Waals surface area contributed by atoms with Gasteiger partial charge < -0.3 is 4.43 Å². The summed E-state index contributed by atoms with van der Waals surface area (Å²) in [6.45, 7) is 10.6. The minimum atomic E-state index is -1.53. The first-order valence-corrected chi connectivity index (χ1v) is 9.60. The molecule has 0 atom stereocenters. The van der Waals surface area contributed by atoms with E-state index in [-0.39, 0.29) is 0 Å². The monoisotopic (exact) mass is 248 g/mol. The second-order valence-electron chi connectivity index (χ2n) is 5.09. The predicted molar refractivity (Wildman–Crippen MR) is 79.0 cm³/mol. The van der Waals surface area contributed by atoms with Crippen LogP contribution in [0.5, 0.6) is 5.75 Å². The molecule has 0 amide bonds. The van der Waals surface area contributed by atoms with Gasteiger partial charge in [-0.3, -0.25) is 0 Å². The van der Waals surface area contributed by atoms with Crippen molar-refractivity contribution in [3.8, 4) is 5.75 Å². The van der Waals surface area contributed by atoms with Crippen LogP contribution in [0.15, 0.2) is 30.8 Å². The summed E-state index contributed by atoms with van der Waals surface area (Å²) in [4.78, 5) is 0. The standard InChI is InChI=1S/C15H24OSi/c1-5-7-8-13-17(3,4)16-15-11-9-14(6-2)10-12-15/h6,9-12H,2,5,7-8,13H2,1,3-4H3. The van der Waals surface area contributed by atoms with Crippen LogP contribution in [-0.4, -0.2) is 8.32 Å². The van der Waals surface area contributed by atoms with Gasteiger partial charge in [0.25, 0.3) is 0 Å². The molecular weight excluding hydrogens is 224 g/mol. The zero-order valence-corrected chi connectivity index (χ0v) is 12.3. The summed E-state index contributed by atoms with van der Waals surface area (Å²) in [7, 11) is -1.53. The summed E-state index contributed by atoms with van der Waals surface area (Å²) < 4.78 is 6.15. The molecule has 17 heavy (non-hydrogen) atoms. The van der Waals surface area contributed by atoms with Crippen LogP contribution in [0, 0.1) is 0 Å². The van der Waals surface area contributed by atoms with Gasteiger partial charge in [0.15, 0.2) is 0 Å². The highest BCUT2D eigenvalue weighted by molar-refractivity contribution is 6.71. The SMILES string of the molecule is C=Cc1ccc(O[Si](C)(C)CCCCC)cc1. The molecular formula is C15H24OSi. The molecule has 1 aromatic carbocycles. The summed E-state index contributed by atoms with van der Waals surface area (Å²) in [5.41, 5.74) is 1.14. The Labute approximate surface area is 107 Å². The maximum atomic E-state index is 6.15. The molecule has 0 unspecified atom stereocenters. The van der Waals surface area contributed by atoms with Crippen molar-refractivity contribution in [2.75, 3.05) is 0 Å². The van der Waals surface area contributed by atoms with Crippen LogP contribution < -0.4 is 4.43 Å². The lowest BCUT2D eigenvalue weighted by molar-refractivity contribution is 0.540. The first-order chi connectivity index (χ1) is 8.07. The smallest absolute Gasteiger partial charge is 0.245 e. The molecule has 1 aromatic rings. The molecule has 94 valence electrons. The molecule has 0 saturated carbocycles. The van der Waals surface area contributed by atoms with E-state index in [4.69, 9.17) is 4.43 Å². The number of hydrogen-bond acceptors (Lipinski definition) is 1. The van der Waals surface area contributed by atoms with E-state index in [1.165, 1.54) is 25.3 Å². The van der Waals surface area contributed by atoms with Crippen LogP contribution in [-0.2, 0) is 0 Å². The highest BCUT2D eigenvalue weighted by Gasteiger charge is 2.23. The van der Waals surface area contributed by atoms with Crippen molar-refractivity contribution in [3.05, 3.63) is 36.4 Å². The minimum Gasteiger partial charge on any atom is -0.544 e. The van der Waals surface area contributed by atoms with Crippen LogP contribution in [0.4, 0.5) is 0 Å². The fourth-order valence-electron chi connectivity index (χ4n) is 1.84. The Hall–Kier alpha value is -1.02. The van der Waals surface area contributed by atoms with E-state index < -0.39 is 8.32 Å². The normalized spacial score (nSPS) is 11.2. The molecule has 1 nitrogen and oxygen atoms in total. The van der Waals surface area contributed by atoms with Crippen molar-refractivity contribution >= 4 is 14.4 Å².